The highest BCUT2D eigenvalue weighted by atomic mass is 16.7. The Kier molecular flexibility index (Phi) is 12.5. The van der Waals surface area contributed by atoms with E-state index in [2.05, 4.69) is 54.5 Å². The molecule has 4 aliphatic carbocycles. The second kappa shape index (κ2) is 15.8. The molecule has 6 rings (SSSR count). The van der Waals surface area contributed by atoms with Gasteiger partial charge in [-0.3, -0.25) is 0 Å². The van der Waals surface area contributed by atoms with Crippen LogP contribution in [0.25, 0.3) is 0 Å². The van der Waals surface area contributed by atoms with Crippen molar-refractivity contribution in [1.29, 1.82) is 0 Å². The first-order chi connectivity index (χ1) is 25.8. The van der Waals surface area contributed by atoms with Gasteiger partial charge in [0.05, 0.1) is 24.9 Å². The largest absolute Gasteiger partial charge is 0.394 e. The fourth-order valence-corrected chi connectivity index (χ4v) is 13.2. The van der Waals surface area contributed by atoms with Crippen molar-refractivity contribution in [2.75, 3.05) is 13.2 Å². The molecule has 13 nitrogen and oxygen atoms in total. The highest BCUT2D eigenvalue weighted by Crippen LogP contribution is 2.76. The number of allylic oxidation sites excluding steroid dienone is 2. The predicted octanol–water partition coefficient (Wildman–Crippen LogP) is 2.36. The Balaban J connectivity index is 1.26. The van der Waals surface area contributed by atoms with Crippen LogP contribution in [0.4, 0.5) is 0 Å². The summed E-state index contributed by atoms with van der Waals surface area (Å²) in [7, 11) is 0. The minimum atomic E-state index is -1.53. The van der Waals surface area contributed by atoms with Crippen LogP contribution in [0.2, 0.25) is 0 Å². The Bertz CT molecular complexity index is 1380. The van der Waals surface area contributed by atoms with Gasteiger partial charge in [0, 0.05) is 5.41 Å². The number of carbonyl (C=O) groups is 1. The van der Waals surface area contributed by atoms with Crippen molar-refractivity contribution < 1.29 is 64.6 Å². The molecule has 0 radical (unpaired) electrons. The van der Waals surface area contributed by atoms with Crippen LogP contribution < -0.4 is 0 Å². The zero-order valence-corrected chi connectivity index (χ0v) is 33.9. The molecule has 4 saturated carbocycles. The molecule has 6 fully saturated rings. The molecule has 316 valence electrons. The Morgan fingerprint density at radius 2 is 1.31 bits per heavy atom. The highest BCUT2D eigenvalue weighted by Gasteiger charge is 2.71. The van der Waals surface area contributed by atoms with E-state index < -0.39 is 97.2 Å². The summed E-state index contributed by atoms with van der Waals surface area (Å²) in [5.74, 6) is 0.430. The van der Waals surface area contributed by atoms with E-state index in [1.54, 1.807) is 0 Å². The van der Waals surface area contributed by atoms with Crippen molar-refractivity contribution in [3.05, 3.63) is 11.6 Å². The summed E-state index contributed by atoms with van der Waals surface area (Å²) in [6.07, 6.45) is -2.74. The van der Waals surface area contributed by atoms with Gasteiger partial charge in [0.25, 0.3) is 0 Å². The molecule has 0 bridgehead atoms. The standard InChI is InChI=1S/C42H70O13/c1-22(2)9-8-15-41(7,55-37-35(51)33(49)31(47)26(20-44)53-37)24-12-16-39(5)23(24)10-11-28-40(39,6)17-13-27-38(3,4)29(14-18-42(27,28)21-45)54-36-34(50)32(48)30(46)25(19-43)52-36/h9,21,23-37,43-44,46-51H,8,10-20H2,1-7H3/t23-,24+,25-,26-,27+,28+,29+,30-,31-,32+,33+,34-,35-,36+,37+,39-,40-,41-,42-/m1/s1. The highest BCUT2D eigenvalue weighted by molar-refractivity contribution is 5.62. The minimum absolute atomic E-state index is 0.0135. The van der Waals surface area contributed by atoms with Crippen LogP contribution in [-0.4, -0.2) is 133 Å². The number of aliphatic hydroxyl groups excluding tert-OH is 8. The smallest absolute Gasteiger partial charge is 0.187 e. The maximum atomic E-state index is 13.7. The van der Waals surface area contributed by atoms with Crippen molar-refractivity contribution in [2.45, 2.75) is 186 Å². The van der Waals surface area contributed by atoms with E-state index in [1.807, 2.05) is 0 Å². The average molecular weight is 783 g/mol. The van der Waals surface area contributed by atoms with E-state index in [4.69, 9.17) is 18.9 Å². The molecule has 13 heteroatoms. The molecule has 0 aromatic heterocycles. The van der Waals surface area contributed by atoms with Crippen molar-refractivity contribution in [1.82, 2.24) is 0 Å². The maximum Gasteiger partial charge on any atom is 0.187 e. The number of hydrogen-bond donors (Lipinski definition) is 8. The van der Waals surface area contributed by atoms with Crippen LogP contribution >= 0.6 is 0 Å². The molecule has 0 unspecified atom stereocenters. The van der Waals surface area contributed by atoms with Crippen LogP contribution in [0.15, 0.2) is 11.6 Å². The lowest BCUT2D eigenvalue weighted by Crippen LogP contribution is -2.67. The maximum absolute atomic E-state index is 13.7. The number of rotatable bonds is 11. The predicted molar refractivity (Wildman–Crippen MR) is 200 cm³/mol. The number of ether oxygens (including phenoxy) is 4. The van der Waals surface area contributed by atoms with Gasteiger partial charge in [-0.05, 0) is 125 Å². The number of aldehydes is 1. The van der Waals surface area contributed by atoms with Gasteiger partial charge in [-0.25, -0.2) is 0 Å². The molecular weight excluding hydrogens is 712 g/mol. The number of fused-ring (bicyclic) bond motifs is 5. The average Bonchev–Trinajstić information content (AvgIpc) is 3.51. The second-order valence-electron chi connectivity index (χ2n) is 19.7. The SMILES string of the molecule is CC(C)=CCC[C@@](C)(O[C@@H]1O[C@H](CO)[C@@H](O)[C@H](O)[C@H]1O)[C@H]1CC[C@]2(C)[C@@H]1CC[C@@H]1[C@@]3(C=O)CC[C@H](O[C@@H]4O[C@H](CO)[C@@H](O)[C@H](O)[C@H]4O)C(C)(C)[C@@H]3CC[C@]12C. The summed E-state index contributed by atoms with van der Waals surface area (Å²) in [5, 5.41) is 83.4. The van der Waals surface area contributed by atoms with Crippen LogP contribution in [0.5, 0.6) is 0 Å². The monoisotopic (exact) mass is 782 g/mol. The van der Waals surface area contributed by atoms with Crippen molar-refractivity contribution in [2.24, 2.45) is 45.3 Å². The van der Waals surface area contributed by atoms with Gasteiger partial charge < -0.3 is 64.6 Å². The molecule has 2 saturated heterocycles. The van der Waals surface area contributed by atoms with Crippen LogP contribution in [0.1, 0.15) is 113 Å². The molecule has 0 aromatic rings. The van der Waals surface area contributed by atoms with Crippen LogP contribution in [-0.2, 0) is 23.7 Å². The lowest BCUT2D eigenvalue weighted by atomic mass is 9.35. The lowest BCUT2D eigenvalue weighted by Gasteiger charge is -2.69. The molecule has 0 aromatic carbocycles. The van der Waals surface area contributed by atoms with E-state index in [9.17, 15) is 45.6 Å². The Morgan fingerprint density at radius 3 is 1.89 bits per heavy atom. The van der Waals surface area contributed by atoms with E-state index in [-0.39, 0.29) is 34.5 Å². The number of hydrogen-bond acceptors (Lipinski definition) is 13. The second-order valence-corrected chi connectivity index (χ2v) is 19.7. The molecule has 6 aliphatic rings. The molecule has 19 atom stereocenters. The Hall–Kier alpha value is -1.07. The van der Waals surface area contributed by atoms with Crippen molar-refractivity contribution >= 4 is 6.29 Å². The minimum Gasteiger partial charge on any atom is -0.394 e. The summed E-state index contributed by atoms with van der Waals surface area (Å²) < 4.78 is 24.9. The molecular formula is C42H70O13. The van der Waals surface area contributed by atoms with Gasteiger partial charge in [-0.1, -0.05) is 39.3 Å². The van der Waals surface area contributed by atoms with E-state index in [1.165, 1.54) is 11.9 Å². The van der Waals surface area contributed by atoms with Gasteiger partial charge in [-0.2, -0.15) is 0 Å². The Morgan fingerprint density at radius 1 is 0.727 bits per heavy atom. The summed E-state index contributed by atoms with van der Waals surface area (Å²) >= 11 is 0. The van der Waals surface area contributed by atoms with Crippen LogP contribution in [0, 0.1) is 45.3 Å². The van der Waals surface area contributed by atoms with E-state index in [0.29, 0.717) is 19.3 Å². The quantitative estimate of drug-likeness (QED) is 0.0860. The fraction of sp³-hybridized carbons (Fsp3) is 0.929. The normalized spacial score (nSPS) is 50.6. The first kappa shape index (κ1) is 43.5. The first-order valence-corrected chi connectivity index (χ1v) is 20.8. The summed E-state index contributed by atoms with van der Waals surface area (Å²) in [4.78, 5) is 13.7. The Labute approximate surface area is 326 Å². The molecule has 0 amide bonds. The lowest BCUT2D eigenvalue weighted by molar-refractivity contribution is -0.335. The van der Waals surface area contributed by atoms with E-state index in [0.717, 1.165) is 44.9 Å². The number of carbonyl (C=O) groups excluding carboxylic acids is 1. The van der Waals surface area contributed by atoms with Gasteiger partial charge >= 0.3 is 0 Å². The molecule has 8 N–H and O–H groups in total. The summed E-state index contributed by atoms with van der Waals surface area (Å²) in [6, 6.07) is 0. The third-order valence-corrected chi connectivity index (χ3v) is 16.5. The first-order valence-electron chi connectivity index (χ1n) is 20.8. The number of aliphatic hydroxyl groups is 8. The zero-order chi connectivity index (χ0) is 40.5. The summed E-state index contributed by atoms with van der Waals surface area (Å²) in [5.41, 5.74) is -0.993. The molecule has 2 aliphatic heterocycles. The fourth-order valence-electron chi connectivity index (χ4n) is 13.2. The molecule has 0 spiro atoms. The van der Waals surface area contributed by atoms with Gasteiger partial charge in [0.15, 0.2) is 12.6 Å². The third-order valence-electron chi connectivity index (χ3n) is 16.5. The van der Waals surface area contributed by atoms with Crippen molar-refractivity contribution in [3.8, 4) is 0 Å². The molecule has 2 heterocycles. The topological polar surface area (TPSA) is 216 Å². The third kappa shape index (κ3) is 7.01. The van der Waals surface area contributed by atoms with Gasteiger partial charge in [-0.15, -0.1) is 0 Å². The summed E-state index contributed by atoms with van der Waals surface area (Å²) in [6.45, 7) is 14.2. The van der Waals surface area contributed by atoms with Crippen molar-refractivity contribution in [3.63, 3.8) is 0 Å². The van der Waals surface area contributed by atoms with Gasteiger partial charge in [0.2, 0.25) is 0 Å². The molecule has 55 heavy (non-hydrogen) atoms. The van der Waals surface area contributed by atoms with E-state index >= 15 is 0 Å². The van der Waals surface area contributed by atoms with Crippen LogP contribution in [0.3, 0.4) is 0 Å². The van der Waals surface area contributed by atoms with Gasteiger partial charge in [0.1, 0.15) is 55.1 Å². The zero-order valence-electron chi connectivity index (χ0n) is 33.9.